The maximum absolute atomic E-state index is 5.83. The second-order valence-electron chi connectivity index (χ2n) is 5.98. The molecule has 4 nitrogen and oxygen atoms in total. The first-order chi connectivity index (χ1) is 11.7. The molecule has 2 N–H and O–H groups in total. The van der Waals surface area contributed by atoms with Crippen molar-refractivity contribution in [3.05, 3.63) is 83.7 Å². The first kappa shape index (κ1) is 16.3. The Morgan fingerprint density at radius 2 is 1.67 bits per heavy atom. The smallest absolute Gasteiger partial charge is 0.119 e. The third-order valence-electron chi connectivity index (χ3n) is 4.15. The molecule has 0 fully saturated rings. The highest BCUT2D eigenvalue weighted by Crippen LogP contribution is 2.21. The van der Waals surface area contributed by atoms with Crippen molar-refractivity contribution >= 4 is 0 Å². The molecule has 3 aromatic rings. The number of hydrogen-bond donors (Lipinski definition) is 2. The molecule has 0 aliphatic carbocycles. The van der Waals surface area contributed by atoms with E-state index in [-0.39, 0.29) is 12.1 Å². The van der Waals surface area contributed by atoms with Gasteiger partial charge in [-0.2, -0.15) is 5.10 Å². The molecule has 1 aromatic heterocycles. The minimum Gasteiger partial charge on any atom is -0.489 e. The molecule has 0 bridgehead atoms. The van der Waals surface area contributed by atoms with Gasteiger partial charge in [-0.15, -0.1) is 0 Å². The molecule has 0 saturated heterocycles. The number of nitrogens with zero attached hydrogens (tertiary/aromatic N) is 1. The van der Waals surface area contributed by atoms with Crippen LogP contribution >= 0.6 is 0 Å². The van der Waals surface area contributed by atoms with E-state index in [1.54, 1.807) is 0 Å². The van der Waals surface area contributed by atoms with Crippen molar-refractivity contribution in [3.8, 4) is 5.75 Å². The van der Waals surface area contributed by atoms with Crippen molar-refractivity contribution in [3.63, 3.8) is 0 Å². The van der Waals surface area contributed by atoms with Crippen LogP contribution < -0.4 is 10.1 Å². The van der Waals surface area contributed by atoms with Gasteiger partial charge in [0.1, 0.15) is 12.4 Å². The number of H-pyrrole nitrogens is 1. The first-order valence-corrected chi connectivity index (χ1v) is 8.24. The van der Waals surface area contributed by atoms with Crippen molar-refractivity contribution < 1.29 is 4.74 Å². The average Bonchev–Trinajstić information content (AvgIpc) is 3.16. The summed E-state index contributed by atoms with van der Waals surface area (Å²) in [6.07, 6.45) is 3.77. The van der Waals surface area contributed by atoms with Crippen LogP contribution in [0.1, 0.15) is 42.6 Å². The van der Waals surface area contributed by atoms with E-state index in [0.29, 0.717) is 6.61 Å². The van der Waals surface area contributed by atoms with Crippen molar-refractivity contribution in [2.75, 3.05) is 0 Å². The Kier molecular flexibility index (Phi) is 5.29. The fourth-order valence-corrected chi connectivity index (χ4v) is 2.66. The summed E-state index contributed by atoms with van der Waals surface area (Å²) in [6, 6.07) is 19.0. The summed E-state index contributed by atoms with van der Waals surface area (Å²) in [5.74, 6) is 0.887. The van der Waals surface area contributed by atoms with Gasteiger partial charge in [0, 0.05) is 23.8 Å². The second kappa shape index (κ2) is 7.79. The fraction of sp³-hybridized carbons (Fsp3) is 0.250. The van der Waals surface area contributed by atoms with E-state index in [0.717, 1.165) is 11.3 Å². The predicted molar refractivity (Wildman–Crippen MR) is 95.8 cm³/mol. The van der Waals surface area contributed by atoms with Gasteiger partial charge < -0.3 is 10.1 Å². The van der Waals surface area contributed by atoms with Crippen molar-refractivity contribution in [1.29, 1.82) is 0 Å². The Bertz CT molecular complexity index is 723. The van der Waals surface area contributed by atoms with E-state index in [4.69, 9.17) is 4.74 Å². The molecule has 0 amide bonds. The summed E-state index contributed by atoms with van der Waals surface area (Å²) in [5.41, 5.74) is 3.56. The van der Waals surface area contributed by atoms with Crippen LogP contribution in [0.25, 0.3) is 0 Å². The third-order valence-corrected chi connectivity index (χ3v) is 4.15. The van der Waals surface area contributed by atoms with Crippen LogP contribution in [0.5, 0.6) is 5.75 Å². The fourth-order valence-electron chi connectivity index (χ4n) is 2.66. The zero-order chi connectivity index (χ0) is 16.8. The minimum atomic E-state index is 0.243. The maximum atomic E-state index is 5.83. The van der Waals surface area contributed by atoms with Gasteiger partial charge in [0.25, 0.3) is 0 Å². The standard InChI is InChI=1S/C20H23N3O/c1-15(23-16(2)19-12-21-22-13-19)18-8-10-20(11-9-18)24-14-17-6-4-3-5-7-17/h3-13,15-16,23H,14H2,1-2H3,(H,21,22). The largest absolute Gasteiger partial charge is 0.489 e. The zero-order valence-corrected chi connectivity index (χ0v) is 14.1. The van der Waals surface area contributed by atoms with Crippen molar-refractivity contribution in [1.82, 2.24) is 15.5 Å². The van der Waals surface area contributed by atoms with E-state index in [1.165, 1.54) is 11.1 Å². The molecule has 2 aromatic carbocycles. The van der Waals surface area contributed by atoms with Gasteiger partial charge in [-0.3, -0.25) is 5.10 Å². The monoisotopic (exact) mass is 321 g/mol. The van der Waals surface area contributed by atoms with E-state index >= 15 is 0 Å². The summed E-state index contributed by atoms with van der Waals surface area (Å²) in [4.78, 5) is 0. The quantitative estimate of drug-likeness (QED) is 0.678. The highest BCUT2D eigenvalue weighted by atomic mass is 16.5. The molecule has 124 valence electrons. The van der Waals surface area contributed by atoms with Crippen LogP contribution in [0.15, 0.2) is 67.0 Å². The van der Waals surface area contributed by atoms with Crippen LogP contribution in [0.4, 0.5) is 0 Å². The van der Waals surface area contributed by atoms with Gasteiger partial charge in [-0.1, -0.05) is 42.5 Å². The molecular weight excluding hydrogens is 298 g/mol. The number of hydrogen-bond acceptors (Lipinski definition) is 3. The Hall–Kier alpha value is -2.59. The van der Waals surface area contributed by atoms with Gasteiger partial charge in [0.2, 0.25) is 0 Å². The summed E-state index contributed by atoms with van der Waals surface area (Å²) in [6.45, 7) is 4.89. The van der Waals surface area contributed by atoms with E-state index in [1.807, 2.05) is 42.7 Å². The molecular formula is C20H23N3O. The first-order valence-electron chi connectivity index (χ1n) is 8.24. The lowest BCUT2D eigenvalue weighted by molar-refractivity contribution is 0.306. The van der Waals surface area contributed by atoms with Crippen molar-refractivity contribution in [2.45, 2.75) is 32.5 Å². The molecule has 4 heteroatoms. The summed E-state index contributed by atoms with van der Waals surface area (Å²) in [7, 11) is 0. The molecule has 0 aliphatic rings. The molecule has 0 radical (unpaired) electrons. The minimum absolute atomic E-state index is 0.243. The third kappa shape index (κ3) is 4.24. The molecule has 3 rings (SSSR count). The average molecular weight is 321 g/mol. The Balaban J connectivity index is 1.55. The number of aromatic amines is 1. The van der Waals surface area contributed by atoms with Crippen LogP contribution in [-0.4, -0.2) is 10.2 Å². The van der Waals surface area contributed by atoms with Gasteiger partial charge in [-0.25, -0.2) is 0 Å². The Morgan fingerprint density at radius 3 is 2.33 bits per heavy atom. The molecule has 0 saturated carbocycles. The van der Waals surface area contributed by atoms with Crippen molar-refractivity contribution in [2.24, 2.45) is 0 Å². The maximum Gasteiger partial charge on any atom is 0.119 e. The zero-order valence-electron chi connectivity index (χ0n) is 14.1. The molecule has 0 aliphatic heterocycles. The number of ether oxygens (including phenoxy) is 1. The molecule has 24 heavy (non-hydrogen) atoms. The Labute approximate surface area is 142 Å². The number of rotatable bonds is 7. The number of nitrogens with one attached hydrogen (secondary N) is 2. The summed E-state index contributed by atoms with van der Waals surface area (Å²) < 4.78 is 5.83. The molecule has 2 atom stereocenters. The lowest BCUT2D eigenvalue weighted by Crippen LogP contribution is -2.22. The lowest BCUT2D eigenvalue weighted by Gasteiger charge is -2.19. The van der Waals surface area contributed by atoms with Crippen LogP contribution in [0.3, 0.4) is 0 Å². The normalized spacial score (nSPS) is 13.4. The highest BCUT2D eigenvalue weighted by Gasteiger charge is 2.12. The summed E-state index contributed by atoms with van der Waals surface area (Å²) in [5, 5.41) is 10.4. The van der Waals surface area contributed by atoms with Crippen LogP contribution in [0, 0.1) is 0 Å². The highest BCUT2D eigenvalue weighted by molar-refractivity contribution is 5.29. The SMILES string of the molecule is CC(NC(C)c1cn[nH]c1)c1ccc(OCc2ccccc2)cc1. The number of benzene rings is 2. The van der Waals surface area contributed by atoms with Gasteiger partial charge in [0.05, 0.1) is 6.20 Å². The van der Waals surface area contributed by atoms with Gasteiger partial charge in [0.15, 0.2) is 0 Å². The van der Waals surface area contributed by atoms with E-state index in [9.17, 15) is 0 Å². The lowest BCUT2D eigenvalue weighted by atomic mass is 10.1. The van der Waals surface area contributed by atoms with Gasteiger partial charge >= 0.3 is 0 Å². The topological polar surface area (TPSA) is 49.9 Å². The molecule has 1 heterocycles. The van der Waals surface area contributed by atoms with Crippen LogP contribution in [-0.2, 0) is 6.61 Å². The molecule has 2 unspecified atom stereocenters. The van der Waals surface area contributed by atoms with E-state index in [2.05, 4.69) is 53.6 Å². The van der Waals surface area contributed by atoms with Crippen LogP contribution in [0.2, 0.25) is 0 Å². The number of aromatic nitrogens is 2. The second-order valence-corrected chi connectivity index (χ2v) is 5.98. The Morgan fingerprint density at radius 1 is 0.958 bits per heavy atom. The summed E-state index contributed by atoms with van der Waals surface area (Å²) >= 11 is 0. The molecule has 0 spiro atoms. The van der Waals surface area contributed by atoms with Gasteiger partial charge in [-0.05, 0) is 37.1 Å². The van der Waals surface area contributed by atoms with E-state index < -0.39 is 0 Å². The predicted octanol–water partition coefficient (Wildman–Crippen LogP) is 4.40.